The number of nitrogens with one attached hydrogen (secondary N) is 3. The van der Waals surface area contributed by atoms with Crippen LogP contribution in [0.1, 0.15) is 13.3 Å². The molecule has 33 heavy (non-hydrogen) atoms. The lowest BCUT2D eigenvalue weighted by Crippen LogP contribution is -2.17. The third-order valence-electron chi connectivity index (χ3n) is 4.52. The van der Waals surface area contributed by atoms with Crippen LogP contribution in [0.3, 0.4) is 0 Å². The van der Waals surface area contributed by atoms with Crippen molar-refractivity contribution in [2.45, 2.75) is 19.4 Å². The average Bonchev–Trinajstić information content (AvgIpc) is 3.30. The van der Waals surface area contributed by atoms with Crippen LogP contribution in [0.15, 0.2) is 54.0 Å². The summed E-state index contributed by atoms with van der Waals surface area (Å²) in [5.41, 5.74) is 1.87. The fourth-order valence-corrected chi connectivity index (χ4v) is 3.10. The second-order valence-electron chi connectivity index (χ2n) is 7.18. The van der Waals surface area contributed by atoms with Gasteiger partial charge in [-0.25, -0.2) is 4.98 Å². The van der Waals surface area contributed by atoms with Crippen LogP contribution < -0.4 is 20.7 Å². The number of hydrazone groups is 1. The molecule has 1 aliphatic rings. The summed E-state index contributed by atoms with van der Waals surface area (Å²) in [7, 11) is 1.75. The summed E-state index contributed by atoms with van der Waals surface area (Å²) >= 11 is 6.35. The van der Waals surface area contributed by atoms with E-state index in [1.54, 1.807) is 36.5 Å². The topological polar surface area (TPSA) is 113 Å². The second-order valence-corrected chi connectivity index (χ2v) is 7.58. The van der Waals surface area contributed by atoms with Gasteiger partial charge in [0, 0.05) is 37.8 Å². The van der Waals surface area contributed by atoms with Gasteiger partial charge in [0.2, 0.25) is 11.9 Å². The Kier molecular flexibility index (Phi) is 8.22. The normalized spacial score (nSPS) is 15.5. The summed E-state index contributed by atoms with van der Waals surface area (Å²) in [5, 5.41) is 14.6. The number of hydrogen-bond acceptors (Lipinski definition) is 9. The van der Waals surface area contributed by atoms with Crippen LogP contribution >= 0.6 is 11.6 Å². The molecule has 1 fully saturated rings. The zero-order valence-electron chi connectivity index (χ0n) is 18.5. The van der Waals surface area contributed by atoms with Crippen molar-refractivity contribution in [1.82, 2.24) is 15.0 Å². The van der Waals surface area contributed by atoms with Crippen molar-refractivity contribution >= 4 is 47.4 Å². The molecule has 0 saturated carbocycles. The summed E-state index contributed by atoms with van der Waals surface area (Å²) in [5.74, 6) is 0.931. The number of aromatic nitrogens is 2. The minimum Gasteiger partial charge on any atom is -0.486 e. The molecule has 1 atom stereocenters. The minimum absolute atomic E-state index is 0.0690. The van der Waals surface area contributed by atoms with E-state index in [4.69, 9.17) is 21.1 Å². The van der Waals surface area contributed by atoms with Crippen LogP contribution in [0.25, 0.3) is 0 Å². The fourth-order valence-electron chi connectivity index (χ4n) is 2.96. The van der Waals surface area contributed by atoms with Crippen molar-refractivity contribution < 1.29 is 14.3 Å². The van der Waals surface area contributed by atoms with E-state index in [1.807, 2.05) is 6.92 Å². The maximum absolute atomic E-state index is 11.7. The first-order valence-corrected chi connectivity index (χ1v) is 10.5. The Hall–Kier alpha value is -3.63. The maximum atomic E-state index is 11.7. The number of anilines is 4. The van der Waals surface area contributed by atoms with Gasteiger partial charge in [0.25, 0.3) is 0 Å². The van der Waals surface area contributed by atoms with Crippen molar-refractivity contribution in [1.29, 1.82) is 0 Å². The Morgan fingerprint density at radius 1 is 1.42 bits per heavy atom. The number of ether oxygens (including phenoxy) is 2. The number of amides is 1. The minimum atomic E-state index is -0.327. The number of carbonyl (C=O) groups is 1. The number of benzene rings is 1. The van der Waals surface area contributed by atoms with Crippen LogP contribution in [-0.4, -0.2) is 54.0 Å². The lowest BCUT2D eigenvalue weighted by atomic mass is 10.2. The summed E-state index contributed by atoms with van der Waals surface area (Å²) in [6.07, 6.45) is 5.13. The van der Waals surface area contributed by atoms with Gasteiger partial charge in [0.05, 0.1) is 25.1 Å². The third kappa shape index (κ3) is 6.93. The summed E-state index contributed by atoms with van der Waals surface area (Å²) in [6, 6.07) is 5.23. The predicted molar refractivity (Wildman–Crippen MR) is 130 cm³/mol. The van der Waals surface area contributed by atoms with E-state index in [0.717, 1.165) is 12.1 Å². The van der Waals surface area contributed by atoms with Crippen molar-refractivity contribution in [2.75, 3.05) is 36.2 Å². The van der Waals surface area contributed by atoms with Gasteiger partial charge < -0.3 is 25.4 Å². The molecule has 174 valence electrons. The number of carbonyl (C=O) groups excluding carboxylic acids is 1. The van der Waals surface area contributed by atoms with Gasteiger partial charge >= 0.3 is 0 Å². The molecule has 0 aliphatic carbocycles. The first-order valence-electron chi connectivity index (χ1n) is 10.1. The van der Waals surface area contributed by atoms with Gasteiger partial charge in [-0.1, -0.05) is 18.2 Å². The van der Waals surface area contributed by atoms with E-state index < -0.39 is 0 Å². The molecule has 2 heterocycles. The lowest BCUT2D eigenvalue weighted by Gasteiger charge is -2.18. The molecule has 1 amide bonds. The Morgan fingerprint density at radius 2 is 2.24 bits per heavy atom. The van der Waals surface area contributed by atoms with E-state index in [2.05, 4.69) is 44.3 Å². The summed E-state index contributed by atoms with van der Waals surface area (Å²) in [6.45, 7) is 9.94. The molecule has 1 aromatic carbocycles. The van der Waals surface area contributed by atoms with Crippen LogP contribution in [0.5, 0.6) is 5.75 Å². The van der Waals surface area contributed by atoms with E-state index in [9.17, 15) is 4.79 Å². The first-order chi connectivity index (χ1) is 15.9. The van der Waals surface area contributed by atoms with Crippen molar-refractivity contribution in [3.05, 3.63) is 54.0 Å². The molecule has 10 nitrogen and oxygen atoms in total. The second kappa shape index (κ2) is 11.3. The van der Waals surface area contributed by atoms with Crippen LogP contribution in [0.4, 0.5) is 23.1 Å². The van der Waals surface area contributed by atoms with E-state index >= 15 is 0 Å². The van der Waals surface area contributed by atoms with Gasteiger partial charge in [-0.3, -0.25) is 9.80 Å². The van der Waals surface area contributed by atoms with Gasteiger partial charge in [0.1, 0.15) is 16.9 Å². The molecule has 3 rings (SSSR count). The molecular weight excluding hydrogens is 446 g/mol. The third-order valence-corrected chi connectivity index (χ3v) is 4.80. The molecule has 2 aromatic rings. The highest BCUT2D eigenvalue weighted by atomic mass is 35.5. The highest BCUT2D eigenvalue weighted by Crippen LogP contribution is 2.34. The number of allylic oxidation sites excluding steroid dienone is 1. The molecule has 1 saturated heterocycles. The van der Waals surface area contributed by atoms with E-state index in [-0.39, 0.29) is 12.0 Å². The Balaban J connectivity index is 1.88. The summed E-state index contributed by atoms with van der Waals surface area (Å²) in [4.78, 5) is 20.4. The lowest BCUT2D eigenvalue weighted by molar-refractivity contribution is -0.111. The molecule has 0 bridgehead atoms. The van der Waals surface area contributed by atoms with Crippen molar-refractivity contribution in [2.24, 2.45) is 5.10 Å². The molecule has 1 aromatic heterocycles. The number of hydrogen-bond donors (Lipinski definition) is 3. The summed E-state index contributed by atoms with van der Waals surface area (Å²) < 4.78 is 11.5. The SMILES string of the molecule is C=CC(=O)Nc1ccc(OC2CCOC2)c(Nc2nc(N/C(C)=C/N(C)N=C)ncc2Cl)c1. The monoisotopic (exact) mass is 471 g/mol. The maximum Gasteiger partial charge on any atom is 0.247 e. The van der Waals surface area contributed by atoms with Crippen LogP contribution in [0.2, 0.25) is 5.02 Å². The van der Waals surface area contributed by atoms with Crippen molar-refractivity contribution in [3.8, 4) is 5.75 Å². The highest BCUT2D eigenvalue weighted by molar-refractivity contribution is 6.33. The molecule has 0 spiro atoms. The standard InChI is InChI=1S/C22H26ClN7O3/c1-5-20(31)27-15-6-7-19(33-16-8-9-32-13-16)18(10-15)28-21-17(23)11-25-22(29-21)26-14(2)12-30(4)24-3/h5-7,10-12,16H,1,3,8-9,13H2,2,4H3,(H,27,31)(H2,25,26,28,29)/b14-12+. The molecule has 0 radical (unpaired) electrons. The van der Waals surface area contributed by atoms with Gasteiger partial charge in [-0.2, -0.15) is 10.1 Å². The van der Waals surface area contributed by atoms with E-state index in [1.165, 1.54) is 12.3 Å². The molecule has 3 N–H and O–H groups in total. The zero-order chi connectivity index (χ0) is 23.8. The Morgan fingerprint density at radius 3 is 2.94 bits per heavy atom. The average molecular weight is 472 g/mol. The zero-order valence-corrected chi connectivity index (χ0v) is 19.2. The van der Waals surface area contributed by atoms with Crippen LogP contribution in [0, 0.1) is 0 Å². The number of rotatable bonds is 10. The Labute approximate surface area is 197 Å². The fraction of sp³-hybridized carbons (Fsp3) is 0.273. The first kappa shape index (κ1) is 24.0. The quantitative estimate of drug-likeness (QED) is 0.271. The Bertz CT molecular complexity index is 1050. The van der Waals surface area contributed by atoms with Gasteiger partial charge in [-0.15, -0.1) is 0 Å². The number of nitrogens with zero attached hydrogens (tertiary/aromatic N) is 4. The van der Waals surface area contributed by atoms with Crippen molar-refractivity contribution in [3.63, 3.8) is 0 Å². The van der Waals surface area contributed by atoms with Gasteiger partial charge in [-0.05, 0) is 31.2 Å². The van der Waals surface area contributed by atoms with E-state index in [0.29, 0.717) is 47.1 Å². The highest BCUT2D eigenvalue weighted by Gasteiger charge is 2.20. The molecule has 11 heteroatoms. The predicted octanol–water partition coefficient (Wildman–Crippen LogP) is 3.99. The number of halogens is 1. The van der Waals surface area contributed by atoms with Crippen LogP contribution in [-0.2, 0) is 9.53 Å². The van der Waals surface area contributed by atoms with Gasteiger partial charge in [0.15, 0.2) is 5.82 Å². The molecule has 1 unspecified atom stereocenters. The largest absolute Gasteiger partial charge is 0.486 e. The molecular formula is C22H26ClN7O3. The molecule has 1 aliphatic heterocycles. The smallest absolute Gasteiger partial charge is 0.247 e.